The average Bonchev–Trinajstić information content (AvgIpc) is 2.39. The molecule has 0 aliphatic carbocycles. The maximum atomic E-state index is 5.98. The summed E-state index contributed by atoms with van der Waals surface area (Å²) in [7, 11) is 2.27. The SMILES string of the molecule is CN1CCCC2CN(c3cccc(Cl)n3)CCC21. The molecule has 0 radical (unpaired) electrons. The van der Waals surface area contributed by atoms with E-state index < -0.39 is 0 Å². The van der Waals surface area contributed by atoms with Crippen LogP contribution in [-0.2, 0) is 0 Å². The highest BCUT2D eigenvalue weighted by Gasteiger charge is 2.34. The van der Waals surface area contributed by atoms with Crippen molar-refractivity contribution in [3.63, 3.8) is 0 Å². The van der Waals surface area contributed by atoms with Crippen LogP contribution in [0.3, 0.4) is 0 Å². The smallest absolute Gasteiger partial charge is 0.131 e. The van der Waals surface area contributed by atoms with Crippen molar-refractivity contribution in [1.29, 1.82) is 0 Å². The van der Waals surface area contributed by atoms with E-state index in [2.05, 4.69) is 27.9 Å². The zero-order valence-electron chi connectivity index (χ0n) is 10.8. The number of piperidine rings is 2. The Bertz CT molecular complexity index is 423. The molecule has 18 heavy (non-hydrogen) atoms. The van der Waals surface area contributed by atoms with Crippen molar-refractivity contribution in [2.24, 2.45) is 5.92 Å². The number of hydrogen-bond acceptors (Lipinski definition) is 3. The Kier molecular flexibility index (Phi) is 3.44. The lowest BCUT2D eigenvalue weighted by Gasteiger charge is -2.46. The summed E-state index contributed by atoms with van der Waals surface area (Å²) in [5, 5.41) is 0.593. The Morgan fingerprint density at radius 2 is 2.17 bits per heavy atom. The molecule has 98 valence electrons. The highest BCUT2D eigenvalue weighted by Crippen LogP contribution is 2.31. The van der Waals surface area contributed by atoms with Crippen molar-refractivity contribution >= 4 is 17.4 Å². The molecule has 2 aliphatic rings. The Balaban J connectivity index is 1.74. The second-order valence-corrected chi connectivity index (χ2v) is 5.89. The van der Waals surface area contributed by atoms with Gasteiger partial charge in [0.25, 0.3) is 0 Å². The van der Waals surface area contributed by atoms with E-state index in [1.165, 1.54) is 25.8 Å². The Morgan fingerprint density at radius 1 is 1.28 bits per heavy atom. The van der Waals surface area contributed by atoms with Gasteiger partial charge in [0.15, 0.2) is 0 Å². The number of pyridine rings is 1. The summed E-state index contributed by atoms with van der Waals surface area (Å²) in [6, 6.07) is 6.67. The molecule has 0 N–H and O–H groups in total. The summed E-state index contributed by atoms with van der Waals surface area (Å²) in [4.78, 5) is 9.36. The number of anilines is 1. The molecule has 2 saturated heterocycles. The molecule has 1 aromatic rings. The van der Waals surface area contributed by atoms with Gasteiger partial charge in [-0.2, -0.15) is 0 Å². The molecule has 0 amide bonds. The predicted molar refractivity (Wildman–Crippen MR) is 75.2 cm³/mol. The van der Waals surface area contributed by atoms with Gasteiger partial charge in [-0.3, -0.25) is 0 Å². The topological polar surface area (TPSA) is 19.4 Å². The molecule has 0 aromatic carbocycles. The maximum Gasteiger partial charge on any atom is 0.131 e. The fourth-order valence-corrected chi connectivity index (χ4v) is 3.59. The minimum atomic E-state index is 0.593. The van der Waals surface area contributed by atoms with E-state index in [-0.39, 0.29) is 0 Å². The second-order valence-electron chi connectivity index (χ2n) is 5.50. The van der Waals surface area contributed by atoms with Crippen molar-refractivity contribution in [3.8, 4) is 0 Å². The van der Waals surface area contributed by atoms with Crippen LogP contribution in [0.15, 0.2) is 18.2 Å². The third-order valence-corrected chi connectivity index (χ3v) is 4.58. The molecule has 2 fully saturated rings. The number of fused-ring (bicyclic) bond motifs is 1. The third kappa shape index (κ3) is 2.34. The molecule has 3 nitrogen and oxygen atoms in total. The maximum absolute atomic E-state index is 5.98. The minimum absolute atomic E-state index is 0.593. The van der Waals surface area contributed by atoms with E-state index in [9.17, 15) is 0 Å². The lowest BCUT2D eigenvalue weighted by atomic mass is 9.84. The molecule has 2 aliphatic heterocycles. The van der Waals surface area contributed by atoms with Gasteiger partial charge in [0.05, 0.1) is 0 Å². The van der Waals surface area contributed by atoms with Crippen LogP contribution >= 0.6 is 11.6 Å². The molecular formula is C14H20ClN3. The lowest BCUT2D eigenvalue weighted by molar-refractivity contribution is 0.102. The van der Waals surface area contributed by atoms with Crippen LogP contribution in [0.1, 0.15) is 19.3 Å². The molecule has 3 heterocycles. The van der Waals surface area contributed by atoms with E-state index >= 15 is 0 Å². The zero-order valence-corrected chi connectivity index (χ0v) is 11.6. The summed E-state index contributed by atoms with van der Waals surface area (Å²) < 4.78 is 0. The largest absolute Gasteiger partial charge is 0.356 e. The van der Waals surface area contributed by atoms with Crippen molar-refractivity contribution in [3.05, 3.63) is 23.4 Å². The zero-order chi connectivity index (χ0) is 12.5. The molecule has 0 spiro atoms. The average molecular weight is 266 g/mol. The lowest BCUT2D eigenvalue weighted by Crippen LogP contribution is -2.52. The number of aromatic nitrogens is 1. The highest BCUT2D eigenvalue weighted by molar-refractivity contribution is 6.29. The second kappa shape index (κ2) is 5.06. The monoisotopic (exact) mass is 265 g/mol. The number of halogens is 1. The van der Waals surface area contributed by atoms with Crippen LogP contribution < -0.4 is 4.90 Å². The molecule has 0 saturated carbocycles. The summed E-state index contributed by atoms with van der Waals surface area (Å²) in [6.45, 7) is 3.48. The molecule has 0 bridgehead atoms. The normalized spacial score (nSPS) is 29.1. The predicted octanol–water partition coefficient (Wildman–Crippen LogP) is 2.66. The number of rotatable bonds is 1. The van der Waals surface area contributed by atoms with Gasteiger partial charge in [-0.15, -0.1) is 0 Å². The molecule has 2 atom stereocenters. The third-order valence-electron chi connectivity index (χ3n) is 4.37. The Hall–Kier alpha value is -0.800. The molecule has 1 aromatic heterocycles. The molecular weight excluding hydrogens is 246 g/mol. The van der Waals surface area contributed by atoms with Crippen LogP contribution in [0.5, 0.6) is 0 Å². The van der Waals surface area contributed by atoms with Gasteiger partial charge in [0, 0.05) is 19.1 Å². The van der Waals surface area contributed by atoms with E-state index in [0.717, 1.165) is 30.9 Å². The summed E-state index contributed by atoms with van der Waals surface area (Å²) >= 11 is 5.98. The summed E-state index contributed by atoms with van der Waals surface area (Å²) in [6.07, 6.45) is 3.93. The van der Waals surface area contributed by atoms with E-state index in [4.69, 9.17) is 11.6 Å². The standard InChI is InChI=1S/C14H20ClN3/c1-17-8-3-4-11-10-18(9-7-12(11)17)14-6-2-5-13(15)16-14/h2,5-6,11-12H,3-4,7-10H2,1H3. The van der Waals surface area contributed by atoms with E-state index in [1.807, 2.05) is 12.1 Å². The van der Waals surface area contributed by atoms with Crippen molar-refractivity contribution < 1.29 is 0 Å². The van der Waals surface area contributed by atoms with E-state index in [1.54, 1.807) is 0 Å². The number of likely N-dealkylation sites (tertiary alicyclic amines) is 1. The van der Waals surface area contributed by atoms with Crippen molar-refractivity contribution in [1.82, 2.24) is 9.88 Å². The van der Waals surface area contributed by atoms with Crippen LogP contribution in [0, 0.1) is 5.92 Å². The van der Waals surface area contributed by atoms with Crippen LogP contribution in [-0.4, -0.2) is 42.6 Å². The summed E-state index contributed by atoms with van der Waals surface area (Å²) in [5.74, 6) is 1.83. The van der Waals surface area contributed by atoms with Crippen LogP contribution in [0.4, 0.5) is 5.82 Å². The van der Waals surface area contributed by atoms with Gasteiger partial charge in [0.2, 0.25) is 0 Å². The fraction of sp³-hybridized carbons (Fsp3) is 0.643. The fourth-order valence-electron chi connectivity index (χ4n) is 3.43. The van der Waals surface area contributed by atoms with Gasteiger partial charge < -0.3 is 9.80 Å². The minimum Gasteiger partial charge on any atom is -0.356 e. The first-order valence-electron chi connectivity index (χ1n) is 6.82. The first kappa shape index (κ1) is 12.2. The van der Waals surface area contributed by atoms with Gasteiger partial charge in [-0.05, 0) is 50.9 Å². The first-order valence-corrected chi connectivity index (χ1v) is 7.19. The Labute approximate surface area is 114 Å². The molecule has 2 unspecified atom stereocenters. The number of nitrogens with zero attached hydrogens (tertiary/aromatic N) is 3. The van der Waals surface area contributed by atoms with Crippen molar-refractivity contribution in [2.45, 2.75) is 25.3 Å². The number of hydrogen-bond donors (Lipinski definition) is 0. The summed E-state index contributed by atoms with van der Waals surface area (Å²) in [5.41, 5.74) is 0. The molecule has 3 rings (SSSR count). The van der Waals surface area contributed by atoms with Gasteiger partial charge in [0.1, 0.15) is 11.0 Å². The van der Waals surface area contributed by atoms with Crippen LogP contribution in [0.25, 0.3) is 0 Å². The van der Waals surface area contributed by atoms with Gasteiger partial charge >= 0.3 is 0 Å². The quantitative estimate of drug-likeness (QED) is 0.728. The van der Waals surface area contributed by atoms with E-state index in [0.29, 0.717) is 5.15 Å². The van der Waals surface area contributed by atoms with Crippen molar-refractivity contribution in [2.75, 3.05) is 31.6 Å². The van der Waals surface area contributed by atoms with Gasteiger partial charge in [-0.1, -0.05) is 17.7 Å². The highest BCUT2D eigenvalue weighted by atomic mass is 35.5. The van der Waals surface area contributed by atoms with Crippen LogP contribution in [0.2, 0.25) is 5.15 Å². The molecule has 4 heteroatoms. The van der Waals surface area contributed by atoms with Gasteiger partial charge in [-0.25, -0.2) is 4.98 Å². The first-order chi connectivity index (χ1) is 8.74. The Morgan fingerprint density at radius 3 is 3.00 bits per heavy atom.